The van der Waals surface area contributed by atoms with Gasteiger partial charge in [0.25, 0.3) is 5.91 Å². The number of carbonyl (C=O) groups is 2. The molecule has 22 heavy (non-hydrogen) atoms. The van der Waals surface area contributed by atoms with Crippen molar-refractivity contribution in [2.75, 3.05) is 6.61 Å². The Kier molecular flexibility index (Phi) is 8.42. The van der Waals surface area contributed by atoms with Crippen LogP contribution in [0.4, 0.5) is 0 Å². The van der Waals surface area contributed by atoms with Crippen molar-refractivity contribution in [1.29, 1.82) is 0 Å². The third-order valence-electron chi connectivity index (χ3n) is 4.17. The van der Waals surface area contributed by atoms with Crippen LogP contribution in [0.5, 0.6) is 0 Å². The Morgan fingerprint density at radius 2 is 1.95 bits per heavy atom. The number of aliphatic hydroxyl groups is 1. The first-order chi connectivity index (χ1) is 10.4. The SMILES string of the molecule is CCOC(=O)CC(C)NC(=O)C(O)[C@H](N)CC1CCCCC1. The van der Waals surface area contributed by atoms with Crippen LogP contribution in [0.3, 0.4) is 0 Å². The third-order valence-corrected chi connectivity index (χ3v) is 4.17. The van der Waals surface area contributed by atoms with E-state index in [1.165, 1.54) is 19.3 Å². The Labute approximate surface area is 132 Å². The Balaban J connectivity index is 2.34. The first kappa shape index (κ1) is 18.9. The predicted octanol–water partition coefficient (Wildman–Crippen LogP) is 1.10. The highest BCUT2D eigenvalue weighted by molar-refractivity contribution is 5.82. The lowest BCUT2D eigenvalue weighted by Gasteiger charge is -2.27. The van der Waals surface area contributed by atoms with E-state index in [9.17, 15) is 14.7 Å². The van der Waals surface area contributed by atoms with Crippen molar-refractivity contribution in [2.45, 2.75) is 77.0 Å². The lowest BCUT2D eigenvalue weighted by atomic mass is 9.84. The number of esters is 1. The molecule has 6 nitrogen and oxygen atoms in total. The fraction of sp³-hybridized carbons (Fsp3) is 0.875. The number of nitrogens with one attached hydrogen (secondary N) is 1. The Bertz CT molecular complexity index is 356. The van der Waals surface area contributed by atoms with Crippen molar-refractivity contribution in [3.05, 3.63) is 0 Å². The van der Waals surface area contributed by atoms with Crippen LogP contribution < -0.4 is 11.1 Å². The molecule has 4 N–H and O–H groups in total. The molecular formula is C16H30N2O4. The summed E-state index contributed by atoms with van der Waals surface area (Å²) in [6.07, 6.45) is 5.45. The van der Waals surface area contributed by atoms with Gasteiger partial charge in [-0.15, -0.1) is 0 Å². The van der Waals surface area contributed by atoms with E-state index in [-0.39, 0.29) is 18.4 Å². The molecule has 1 amide bonds. The summed E-state index contributed by atoms with van der Waals surface area (Å²) in [6, 6.07) is -0.944. The van der Waals surface area contributed by atoms with Crippen LogP contribution in [0.25, 0.3) is 0 Å². The third kappa shape index (κ3) is 6.75. The molecule has 1 rings (SSSR count). The lowest BCUT2D eigenvalue weighted by molar-refractivity contribution is -0.143. The zero-order valence-electron chi connectivity index (χ0n) is 13.7. The van der Waals surface area contributed by atoms with Crippen LogP contribution in [0.15, 0.2) is 0 Å². The molecule has 1 fully saturated rings. The van der Waals surface area contributed by atoms with Crippen molar-refractivity contribution in [3.8, 4) is 0 Å². The summed E-state index contributed by atoms with van der Waals surface area (Å²) in [5.74, 6) is -0.375. The second-order valence-corrected chi connectivity index (χ2v) is 6.27. The van der Waals surface area contributed by atoms with Crippen LogP contribution >= 0.6 is 0 Å². The van der Waals surface area contributed by atoms with Gasteiger partial charge in [0.05, 0.1) is 13.0 Å². The average molecular weight is 314 g/mol. The molecular weight excluding hydrogens is 284 g/mol. The van der Waals surface area contributed by atoms with E-state index < -0.39 is 18.1 Å². The maximum atomic E-state index is 12.0. The molecule has 1 aliphatic carbocycles. The molecule has 0 aromatic carbocycles. The van der Waals surface area contributed by atoms with Crippen LogP contribution in [-0.4, -0.2) is 41.8 Å². The van der Waals surface area contributed by atoms with Gasteiger partial charge >= 0.3 is 5.97 Å². The van der Waals surface area contributed by atoms with E-state index >= 15 is 0 Å². The zero-order valence-corrected chi connectivity index (χ0v) is 13.7. The monoisotopic (exact) mass is 314 g/mol. The lowest BCUT2D eigenvalue weighted by Crippen LogP contribution is -2.49. The number of aliphatic hydroxyl groups excluding tert-OH is 1. The van der Waals surface area contributed by atoms with Crippen LogP contribution in [0, 0.1) is 5.92 Å². The van der Waals surface area contributed by atoms with Crippen LogP contribution in [-0.2, 0) is 14.3 Å². The molecule has 128 valence electrons. The minimum absolute atomic E-state index is 0.0875. The summed E-state index contributed by atoms with van der Waals surface area (Å²) < 4.78 is 4.83. The second kappa shape index (κ2) is 9.79. The van der Waals surface area contributed by atoms with Gasteiger partial charge in [0, 0.05) is 12.1 Å². The molecule has 0 aromatic heterocycles. The van der Waals surface area contributed by atoms with E-state index in [1.54, 1.807) is 13.8 Å². The van der Waals surface area contributed by atoms with Gasteiger partial charge in [-0.2, -0.15) is 0 Å². The fourth-order valence-corrected chi connectivity index (χ4v) is 2.98. The molecule has 0 bridgehead atoms. The van der Waals surface area contributed by atoms with E-state index in [2.05, 4.69) is 5.32 Å². The summed E-state index contributed by atoms with van der Waals surface area (Å²) in [6.45, 7) is 3.75. The number of rotatable bonds is 8. The second-order valence-electron chi connectivity index (χ2n) is 6.27. The van der Waals surface area contributed by atoms with Crippen LogP contribution in [0.1, 0.15) is 58.8 Å². The van der Waals surface area contributed by atoms with Crippen molar-refractivity contribution >= 4 is 11.9 Å². The van der Waals surface area contributed by atoms with Crippen molar-refractivity contribution in [3.63, 3.8) is 0 Å². The van der Waals surface area contributed by atoms with Crippen molar-refractivity contribution in [1.82, 2.24) is 5.32 Å². The summed E-state index contributed by atoms with van der Waals surface area (Å²) in [4.78, 5) is 23.3. The minimum atomic E-state index is -1.23. The molecule has 0 aliphatic heterocycles. The van der Waals surface area contributed by atoms with Gasteiger partial charge in [0.2, 0.25) is 0 Å². The summed E-state index contributed by atoms with van der Waals surface area (Å²) >= 11 is 0. The molecule has 2 unspecified atom stereocenters. The fourth-order valence-electron chi connectivity index (χ4n) is 2.98. The zero-order chi connectivity index (χ0) is 16.5. The number of hydrogen-bond acceptors (Lipinski definition) is 5. The Morgan fingerprint density at radius 1 is 1.32 bits per heavy atom. The molecule has 6 heteroatoms. The first-order valence-electron chi connectivity index (χ1n) is 8.33. The first-order valence-corrected chi connectivity index (χ1v) is 8.33. The van der Waals surface area contributed by atoms with E-state index in [0.29, 0.717) is 18.9 Å². The summed E-state index contributed by atoms with van der Waals surface area (Å²) in [7, 11) is 0. The van der Waals surface area contributed by atoms with E-state index in [0.717, 1.165) is 12.8 Å². The molecule has 0 saturated heterocycles. The highest BCUT2D eigenvalue weighted by Crippen LogP contribution is 2.27. The van der Waals surface area contributed by atoms with Crippen molar-refractivity contribution in [2.24, 2.45) is 11.7 Å². The topological polar surface area (TPSA) is 102 Å². The summed E-state index contributed by atoms with van der Waals surface area (Å²) in [5.41, 5.74) is 5.97. The van der Waals surface area contributed by atoms with Gasteiger partial charge in [-0.1, -0.05) is 32.1 Å². The number of carbonyl (C=O) groups excluding carboxylic acids is 2. The van der Waals surface area contributed by atoms with E-state index in [1.807, 2.05) is 0 Å². The predicted molar refractivity (Wildman–Crippen MR) is 84.0 cm³/mol. The highest BCUT2D eigenvalue weighted by Gasteiger charge is 2.27. The molecule has 0 radical (unpaired) electrons. The van der Waals surface area contributed by atoms with Gasteiger partial charge in [0.1, 0.15) is 6.10 Å². The number of nitrogens with two attached hydrogens (primary N) is 1. The van der Waals surface area contributed by atoms with Gasteiger partial charge in [-0.3, -0.25) is 9.59 Å². The number of hydrogen-bond donors (Lipinski definition) is 3. The number of ether oxygens (including phenoxy) is 1. The largest absolute Gasteiger partial charge is 0.466 e. The van der Waals surface area contributed by atoms with Gasteiger partial charge in [-0.05, 0) is 26.2 Å². The van der Waals surface area contributed by atoms with Gasteiger partial charge < -0.3 is 20.9 Å². The van der Waals surface area contributed by atoms with Crippen molar-refractivity contribution < 1.29 is 19.4 Å². The standard InChI is InChI=1S/C16H30N2O4/c1-3-22-14(19)9-11(2)18-16(21)15(20)13(17)10-12-7-5-4-6-8-12/h11-13,15,20H,3-10,17H2,1-2H3,(H,18,21)/t11?,13-,15?/m1/s1. The molecule has 1 saturated carbocycles. The van der Waals surface area contributed by atoms with Gasteiger partial charge in [-0.25, -0.2) is 0 Å². The smallest absolute Gasteiger partial charge is 0.307 e. The quantitative estimate of drug-likeness (QED) is 0.582. The molecule has 0 heterocycles. The normalized spacial score (nSPS) is 20.0. The highest BCUT2D eigenvalue weighted by atomic mass is 16.5. The van der Waals surface area contributed by atoms with E-state index in [4.69, 9.17) is 10.5 Å². The Hall–Kier alpha value is -1.14. The molecule has 0 spiro atoms. The Morgan fingerprint density at radius 3 is 2.55 bits per heavy atom. The molecule has 1 aliphatic rings. The maximum absolute atomic E-state index is 12.0. The average Bonchev–Trinajstić information content (AvgIpc) is 2.47. The molecule has 0 aromatic rings. The minimum Gasteiger partial charge on any atom is -0.466 e. The summed E-state index contributed by atoms with van der Waals surface area (Å²) in [5, 5.41) is 12.7. The van der Waals surface area contributed by atoms with Crippen LogP contribution in [0.2, 0.25) is 0 Å². The molecule has 3 atom stereocenters. The maximum Gasteiger partial charge on any atom is 0.307 e. The number of amides is 1. The van der Waals surface area contributed by atoms with Gasteiger partial charge in [0.15, 0.2) is 0 Å².